The summed E-state index contributed by atoms with van der Waals surface area (Å²) < 4.78 is 3.08. The molecule has 2 heterocycles. The molecule has 3 rings (SSSR count). The van der Waals surface area contributed by atoms with Gasteiger partial charge in [0.25, 0.3) is 0 Å². The molecule has 4 nitrogen and oxygen atoms in total. The number of nitrogens with one attached hydrogen (secondary N) is 1. The smallest absolute Gasteiger partial charge is 0.225 e. The second kappa shape index (κ2) is 5.03. The van der Waals surface area contributed by atoms with Crippen LogP contribution < -0.4 is 4.90 Å². The third-order valence-corrected chi connectivity index (χ3v) is 4.73. The van der Waals surface area contributed by atoms with Gasteiger partial charge in [0, 0.05) is 19.1 Å². The van der Waals surface area contributed by atoms with E-state index in [4.69, 9.17) is 12.2 Å². The fourth-order valence-corrected chi connectivity index (χ4v) is 3.50. The maximum atomic E-state index is 5.42. The fraction of sp³-hybridized carbons (Fsp3) is 0.846. The number of rotatable bonds is 2. The number of aromatic nitrogens is 3. The van der Waals surface area contributed by atoms with E-state index in [0.29, 0.717) is 6.04 Å². The Morgan fingerprint density at radius 2 is 1.83 bits per heavy atom. The molecular weight excluding hydrogens is 244 g/mol. The average molecular weight is 266 g/mol. The number of nitrogens with zero attached hydrogens (tertiary/aromatic N) is 3. The summed E-state index contributed by atoms with van der Waals surface area (Å²) in [5, 5.41) is 7.48. The number of aromatic amines is 1. The summed E-state index contributed by atoms with van der Waals surface area (Å²) in [5.41, 5.74) is 0. The van der Waals surface area contributed by atoms with Crippen LogP contribution in [-0.2, 0) is 0 Å². The number of hydrogen-bond donors (Lipinski definition) is 1. The highest BCUT2D eigenvalue weighted by Gasteiger charge is 2.25. The van der Waals surface area contributed by atoms with E-state index < -0.39 is 0 Å². The summed E-state index contributed by atoms with van der Waals surface area (Å²) >= 11 is 5.42. The van der Waals surface area contributed by atoms with E-state index in [-0.39, 0.29) is 0 Å². The summed E-state index contributed by atoms with van der Waals surface area (Å²) in [6, 6.07) is 0.575. The maximum Gasteiger partial charge on any atom is 0.225 e. The van der Waals surface area contributed by atoms with Crippen molar-refractivity contribution in [2.75, 3.05) is 18.0 Å². The number of piperidine rings is 1. The monoisotopic (exact) mass is 266 g/mol. The lowest BCUT2D eigenvalue weighted by Crippen LogP contribution is -2.35. The van der Waals surface area contributed by atoms with Crippen LogP contribution in [0.4, 0.5) is 5.95 Å². The van der Waals surface area contributed by atoms with E-state index >= 15 is 0 Å². The minimum absolute atomic E-state index is 0.575. The van der Waals surface area contributed by atoms with Gasteiger partial charge in [-0.3, -0.25) is 4.57 Å². The number of H-pyrrole nitrogens is 1. The van der Waals surface area contributed by atoms with Gasteiger partial charge in [-0.2, -0.15) is 0 Å². The van der Waals surface area contributed by atoms with Crippen molar-refractivity contribution in [3.8, 4) is 0 Å². The maximum absolute atomic E-state index is 5.42. The first-order valence-corrected chi connectivity index (χ1v) is 7.58. The standard InChI is InChI=1S/C13H22N4S/c1-10-6-8-16(9-7-10)12-14-15-13(18)17(12)11-4-2-3-5-11/h10-11H,2-9H2,1H3,(H,15,18). The number of hydrogen-bond acceptors (Lipinski definition) is 3. The molecule has 2 aliphatic rings. The Labute approximate surface area is 113 Å². The van der Waals surface area contributed by atoms with E-state index in [2.05, 4.69) is 26.6 Å². The van der Waals surface area contributed by atoms with Gasteiger partial charge >= 0.3 is 0 Å². The zero-order valence-electron chi connectivity index (χ0n) is 11.1. The van der Waals surface area contributed by atoms with Gasteiger partial charge < -0.3 is 4.90 Å². The van der Waals surface area contributed by atoms with E-state index in [0.717, 1.165) is 29.7 Å². The molecule has 1 saturated heterocycles. The third-order valence-electron chi connectivity index (χ3n) is 4.44. The second-order valence-corrected chi connectivity index (χ2v) is 6.19. The van der Waals surface area contributed by atoms with Gasteiger partial charge in [-0.1, -0.05) is 19.8 Å². The molecule has 1 N–H and O–H groups in total. The molecule has 0 amide bonds. The zero-order valence-corrected chi connectivity index (χ0v) is 11.9. The molecule has 5 heteroatoms. The zero-order chi connectivity index (χ0) is 12.5. The van der Waals surface area contributed by atoms with Gasteiger partial charge in [0.1, 0.15) is 0 Å². The van der Waals surface area contributed by atoms with Crippen LogP contribution in [-0.4, -0.2) is 27.9 Å². The topological polar surface area (TPSA) is 36.9 Å². The Kier molecular flexibility index (Phi) is 3.41. The van der Waals surface area contributed by atoms with Crippen LogP contribution >= 0.6 is 12.2 Å². The van der Waals surface area contributed by atoms with Gasteiger partial charge in [-0.25, -0.2) is 5.10 Å². The van der Waals surface area contributed by atoms with Gasteiger partial charge in [0.2, 0.25) is 5.95 Å². The molecule has 0 radical (unpaired) electrons. The van der Waals surface area contributed by atoms with Crippen LogP contribution in [0.25, 0.3) is 0 Å². The second-order valence-electron chi connectivity index (χ2n) is 5.81. The molecule has 2 fully saturated rings. The van der Waals surface area contributed by atoms with Crippen molar-refractivity contribution >= 4 is 18.2 Å². The highest BCUT2D eigenvalue weighted by molar-refractivity contribution is 7.71. The van der Waals surface area contributed by atoms with Crippen molar-refractivity contribution in [3.63, 3.8) is 0 Å². The highest BCUT2D eigenvalue weighted by Crippen LogP contribution is 2.33. The first-order valence-electron chi connectivity index (χ1n) is 7.17. The predicted molar refractivity (Wildman–Crippen MR) is 75.5 cm³/mol. The molecule has 1 aromatic heterocycles. The molecule has 0 unspecified atom stereocenters. The molecule has 0 spiro atoms. The van der Waals surface area contributed by atoms with Crippen molar-refractivity contribution in [2.45, 2.75) is 51.5 Å². The average Bonchev–Trinajstić information content (AvgIpc) is 2.99. The summed E-state index contributed by atoms with van der Waals surface area (Å²) in [6.07, 6.45) is 7.70. The van der Waals surface area contributed by atoms with Crippen molar-refractivity contribution in [1.82, 2.24) is 14.8 Å². The lowest BCUT2D eigenvalue weighted by atomic mass is 10.00. The van der Waals surface area contributed by atoms with Crippen LogP contribution in [0.15, 0.2) is 0 Å². The molecule has 1 saturated carbocycles. The Morgan fingerprint density at radius 3 is 2.50 bits per heavy atom. The Bertz CT molecular complexity index is 450. The van der Waals surface area contributed by atoms with Crippen LogP contribution in [0.1, 0.15) is 51.5 Å². The normalized spacial score (nSPS) is 22.8. The predicted octanol–water partition coefficient (Wildman–Crippen LogP) is 3.29. The quantitative estimate of drug-likeness (QED) is 0.835. The van der Waals surface area contributed by atoms with Gasteiger partial charge in [0.15, 0.2) is 4.77 Å². The molecule has 0 aromatic carbocycles. The third kappa shape index (κ3) is 2.20. The largest absolute Gasteiger partial charge is 0.341 e. The van der Waals surface area contributed by atoms with E-state index in [1.54, 1.807) is 0 Å². The molecule has 18 heavy (non-hydrogen) atoms. The Hall–Kier alpha value is -0.840. The van der Waals surface area contributed by atoms with Crippen LogP contribution in [0.2, 0.25) is 0 Å². The molecule has 100 valence electrons. The van der Waals surface area contributed by atoms with Crippen molar-refractivity contribution in [2.24, 2.45) is 5.92 Å². The van der Waals surface area contributed by atoms with E-state index in [9.17, 15) is 0 Å². The first-order chi connectivity index (χ1) is 8.75. The van der Waals surface area contributed by atoms with Gasteiger partial charge in [-0.15, -0.1) is 5.10 Å². The van der Waals surface area contributed by atoms with Crippen LogP contribution in [0, 0.1) is 10.7 Å². The van der Waals surface area contributed by atoms with E-state index in [1.165, 1.54) is 38.5 Å². The van der Waals surface area contributed by atoms with Crippen molar-refractivity contribution in [3.05, 3.63) is 4.77 Å². The minimum Gasteiger partial charge on any atom is -0.341 e. The van der Waals surface area contributed by atoms with Crippen molar-refractivity contribution < 1.29 is 0 Å². The Morgan fingerprint density at radius 1 is 1.17 bits per heavy atom. The summed E-state index contributed by atoms with van der Waals surface area (Å²) in [4.78, 5) is 2.41. The van der Waals surface area contributed by atoms with Crippen LogP contribution in [0.5, 0.6) is 0 Å². The van der Waals surface area contributed by atoms with E-state index in [1.807, 2.05) is 0 Å². The molecule has 1 aliphatic heterocycles. The summed E-state index contributed by atoms with van der Waals surface area (Å²) in [7, 11) is 0. The van der Waals surface area contributed by atoms with Gasteiger partial charge in [-0.05, 0) is 43.8 Å². The number of anilines is 1. The van der Waals surface area contributed by atoms with Gasteiger partial charge in [0.05, 0.1) is 0 Å². The molecular formula is C13H22N4S. The van der Waals surface area contributed by atoms with Crippen LogP contribution in [0.3, 0.4) is 0 Å². The SMILES string of the molecule is CC1CCN(c2n[nH]c(=S)n2C2CCCC2)CC1. The molecule has 0 bridgehead atoms. The lowest BCUT2D eigenvalue weighted by molar-refractivity contribution is 0.422. The minimum atomic E-state index is 0.575. The molecule has 1 aliphatic carbocycles. The molecule has 0 atom stereocenters. The first kappa shape index (κ1) is 12.2. The molecule has 1 aromatic rings. The lowest BCUT2D eigenvalue weighted by Gasteiger charge is -2.31. The summed E-state index contributed by atoms with van der Waals surface area (Å²) in [6.45, 7) is 4.58. The highest BCUT2D eigenvalue weighted by atomic mass is 32.1. The summed E-state index contributed by atoms with van der Waals surface area (Å²) in [5.74, 6) is 1.93. The Balaban J connectivity index is 1.85. The fourth-order valence-electron chi connectivity index (χ4n) is 3.22. The van der Waals surface area contributed by atoms with Crippen molar-refractivity contribution in [1.29, 1.82) is 0 Å².